The number of hydrogen-bond acceptors (Lipinski definition) is 6. The van der Waals surface area contributed by atoms with Crippen LogP contribution in [0.5, 0.6) is 5.75 Å². The zero-order chi connectivity index (χ0) is 28.4. The summed E-state index contributed by atoms with van der Waals surface area (Å²) < 4.78 is 34.4. The number of benzene rings is 3. The molecule has 9 nitrogen and oxygen atoms in total. The molecule has 1 aliphatic carbocycles. The number of aliphatic hydroxyl groups is 1. The lowest BCUT2D eigenvalue weighted by atomic mass is 9.98. The van der Waals surface area contributed by atoms with Crippen LogP contribution < -0.4 is 10.1 Å². The van der Waals surface area contributed by atoms with E-state index in [2.05, 4.69) is 5.32 Å². The predicted molar refractivity (Wildman–Crippen MR) is 150 cm³/mol. The summed E-state index contributed by atoms with van der Waals surface area (Å²) in [6.07, 6.45) is 1.44. The summed E-state index contributed by atoms with van der Waals surface area (Å²) in [5.74, 6) is 0.373. The first kappa shape index (κ1) is 29.5. The molecule has 0 heterocycles. The topological polar surface area (TPSA) is 125 Å². The summed E-state index contributed by atoms with van der Waals surface area (Å²) in [5.41, 5.74) is 1.74. The number of rotatable bonds is 13. The lowest BCUT2D eigenvalue weighted by Crippen LogP contribution is -2.50. The molecule has 1 saturated carbocycles. The van der Waals surface area contributed by atoms with Gasteiger partial charge in [-0.3, -0.25) is 4.84 Å². The van der Waals surface area contributed by atoms with Gasteiger partial charge in [0.25, 0.3) is 10.0 Å². The number of nitrogens with one attached hydrogen (secondary N) is 1. The second kappa shape index (κ2) is 14.3. The van der Waals surface area contributed by atoms with Gasteiger partial charge in [0.05, 0.1) is 29.7 Å². The molecular weight excluding hydrogens is 532 g/mol. The third-order valence-electron chi connectivity index (χ3n) is 6.85. The van der Waals surface area contributed by atoms with Crippen molar-refractivity contribution in [1.29, 1.82) is 0 Å². The fourth-order valence-electron chi connectivity index (χ4n) is 4.71. The SMILES string of the molecule is O=C(O)N[C@@H](Cc1ccccc1)[C@@H](O)CN(OC1CCCCC1)S(=O)(=O)c1cccc(OCc2ccccc2)c1. The highest BCUT2D eigenvalue weighted by atomic mass is 32.2. The number of aliphatic hydroxyl groups excluding tert-OH is 1. The summed E-state index contributed by atoms with van der Waals surface area (Å²) in [5, 5.41) is 22.9. The van der Waals surface area contributed by atoms with E-state index in [0.29, 0.717) is 18.6 Å². The van der Waals surface area contributed by atoms with Gasteiger partial charge in [-0.1, -0.05) is 90.5 Å². The van der Waals surface area contributed by atoms with Crippen LogP contribution in [0.25, 0.3) is 0 Å². The van der Waals surface area contributed by atoms with E-state index in [1.165, 1.54) is 12.1 Å². The van der Waals surface area contributed by atoms with Crippen LogP contribution in [0.15, 0.2) is 89.8 Å². The minimum Gasteiger partial charge on any atom is -0.489 e. The first-order valence-electron chi connectivity index (χ1n) is 13.5. The van der Waals surface area contributed by atoms with Crippen LogP contribution in [0.2, 0.25) is 0 Å². The molecule has 3 aromatic rings. The minimum atomic E-state index is -4.24. The first-order chi connectivity index (χ1) is 19.3. The maximum absolute atomic E-state index is 13.9. The fourth-order valence-corrected chi connectivity index (χ4v) is 6.04. The summed E-state index contributed by atoms with van der Waals surface area (Å²) in [6.45, 7) is -0.181. The van der Waals surface area contributed by atoms with Crippen molar-refractivity contribution < 1.29 is 33.0 Å². The highest BCUT2D eigenvalue weighted by Crippen LogP contribution is 2.27. The lowest BCUT2D eigenvalue weighted by Gasteiger charge is -2.32. The maximum atomic E-state index is 13.9. The van der Waals surface area contributed by atoms with Gasteiger partial charge in [-0.2, -0.15) is 0 Å². The molecular formula is C30H36N2O7S. The second-order valence-corrected chi connectivity index (χ2v) is 11.7. The van der Waals surface area contributed by atoms with Crippen LogP contribution in [-0.2, 0) is 27.9 Å². The highest BCUT2D eigenvalue weighted by molar-refractivity contribution is 7.89. The number of hydrogen-bond donors (Lipinski definition) is 3. The Kier molecular flexibility index (Phi) is 10.5. The predicted octanol–water partition coefficient (Wildman–Crippen LogP) is 4.76. The Morgan fingerprint density at radius 3 is 2.23 bits per heavy atom. The monoisotopic (exact) mass is 568 g/mol. The molecule has 2 atom stereocenters. The number of carboxylic acid groups (broad SMARTS) is 1. The number of amides is 1. The molecule has 1 fully saturated rings. The number of hydroxylamine groups is 1. The minimum absolute atomic E-state index is 0.0492. The van der Waals surface area contributed by atoms with Gasteiger partial charge < -0.3 is 20.3 Å². The van der Waals surface area contributed by atoms with Gasteiger partial charge in [0.15, 0.2) is 0 Å². The van der Waals surface area contributed by atoms with Gasteiger partial charge in [0.1, 0.15) is 12.4 Å². The normalized spacial score (nSPS) is 15.8. The van der Waals surface area contributed by atoms with Crippen molar-refractivity contribution in [2.75, 3.05) is 6.54 Å². The van der Waals surface area contributed by atoms with E-state index < -0.39 is 34.8 Å². The molecule has 0 aromatic heterocycles. The number of ether oxygens (including phenoxy) is 1. The van der Waals surface area contributed by atoms with Gasteiger partial charge in [0, 0.05) is 6.07 Å². The quantitative estimate of drug-likeness (QED) is 0.254. The van der Waals surface area contributed by atoms with Gasteiger partial charge in [0.2, 0.25) is 0 Å². The summed E-state index contributed by atoms with van der Waals surface area (Å²) in [7, 11) is -4.24. The Balaban J connectivity index is 1.56. The van der Waals surface area contributed by atoms with Crippen LogP contribution in [0, 0.1) is 0 Å². The molecule has 10 heteroatoms. The van der Waals surface area contributed by atoms with E-state index >= 15 is 0 Å². The Labute approximate surface area is 235 Å². The Morgan fingerprint density at radius 2 is 1.57 bits per heavy atom. The van der Waals surface area contributed by atoms with E-state index in [1.54, 1.807) is 12.1 Å². The van der Waals surface area contributed by atoms with Gasteiger partial charge >= 0.3 is 6.09 Å². The second-order valence-electron chi connectivity index (χ2n) is 9.92. The number of sulfonamides is 1. The molecule has 214 valence electrons. The van der Waals surface area contributed by atoms with E-state index in [1.807, 2.05) is 60.7 Å². The van der Waals surface area contributed by atoms with Crippen molar-refractivity contribution in [3.05, 3.63) is 96.1 Å². The Morgan fingerprint density at radius 1 is 0.925 bits per heavy atom. The average Bonchev–Trinajstić information content (AvgIpc) is 2.97. The van der Waals surface area contributed by atoms with Crippen LogP contribution in [-0.4, -0.2) is 54.0 Å². The smallest absolute Gasteiger partial charge is 0.404 e. The van der Waals surface area contributed by atoms with Gasteiger partial charge in [-0.25, -0.2) is 13.2 Å². The van der Waals surface area contributed by atoms with E-state index in [4.69, 9.17) is 9.57 Å². The molecule has 3 aromatic carbocycles. The third-order valence-corrected chi connectivity index (χ3v) is 8.47. The molecule has 3 N–H and O–H groups in total. The third kappa shape index (κ3) is 8.53. The zero-order valence-electron chi connectivity index (χ0n) is 22.3. The van der Waals surface area contributed by atoms with E-state index in [9.17, 15) is 23.4 Å². The maximum Gasteiger partial charge on any atom is 0.404 e. The molecule has 0 unspecified atom stereocenters. The molecule has 0 radical (unpaired) electrons. The Hall–Kier alpha value is -3.44. The standard InChI is InChI=1S/C30H36N2O7S/c33-29(28(31-30(34)35)19-23-11-4-1-5-12-23)21-32(39-25-15-8-3-9-16-25)40(36,37)27-18-10-17-26(20-27)38-22-24-13-6-2-7-14-24/h1-2,4-7,10-14,17-18,20,25,28-29,31,33H,3,8-9,15-16,19,21-22H2,(H,34,35)/t28-,29-/m0/s1. The highest BCUT2D eigenvalue weighted by Gasteiger charge is 2.34. The first-order valence-corrected chi connectivity index (χ1v) is 14.9. The van der Waals surface area contributed by atoms with Crippen LogP contribution in [0.3, 0.4) is 0 Å². The lowest BCUT2D eigenvalue weighted by molar-refractivity contribution is -0.156. The fraction of sp³-hybridized carbons (Fsp3) is 0.367. The molecule has 1 amide bonds. The molecule has 1 aliphatic rings. The van der Waals surface area contributed by atoms with Crippen molar-refractivity contribution in [1.82, 2.24) is 9.79 Å². The molecule has 0 bridgehead atoms. The van der Waals surface area contributed by atoms with Gasteiger partial charge in [-0.05, 0) is 42.5 Å². The van der Waals surface area contributed by atoms with Crippen molar-refractivity contribution in [3.8, 4) is 5.75 Å². The largest absolute Gasteiger partial charge is 0.489 e. The van der Waals surface area contributed by atoms with Crippen molar-refractivity contribution >= 4 is 16.1 Å². The van der Waals surface area contributed by atoms with Crippen LogP contribution >= 0.6 is 0 Å². The molecule has 0 saturated heterocycles. The zero-order valence-corrected chi connectivity index (χ0v) is 23.1. The molecule has 4 rings (SSSR count). The van der Waals surface area contributed by atoms with Crippen LogP contribution in [0.4, 0.5) is 4.79 Å². The molecule has 0 spiro atoms. The average molecular weight is 569 g/mol. The summed E-state index contributed by atoms with van der Waals surface area (Å²) in [4.78, 5) is 17.5. The summed E-state index contributed by atoms with van der Waals surface area (Å²) in [6, 6.07) is 23.8. The Bertz CT molecular complexity index is 1320. The molecule has 0 aliphatic heterocycles. The van der Waals surface area contributed by atoms with E-state index in [-0.39, 0.29) is 24.0 Å². The number of carbonyl (C=O) groups is 1. The van der Waals surface area contributed by atoms with Crippen molar-refractivity contribution in [2.24, 2.45) is 0 Å². The van der Waals surface area contributed by atoms with E-state index in [0.717, 1.165) is 34.9 Å². The van der Waals surface area contributed by atoms with Crippen LogP contribution in [0.1, 0.15) is 43.2 Å². The molecule has 40 heavy (non-hydrogen) atoms. The summed E-state index contributed by atoms with van der Waals surface area (Å²) >= 11 is 0. The number of nitrogens with zero attached hydrogens (tertiary/aromatic N) is 1. The van der Waals surface area contributed by atoms with Gasteiger partial charge in [-0.15, -0.1) is 0 Å². The van der Waals surface area contributed by atoms with Crippen molar-refractivity contribution in [3.63, 3.8) is 0 Å². The van der Waals surface area contributed by atoms with Crippen molar-refractivity contribution in [2.45, 2.75) is 68.3 Å².